The van der Waals surface area contributed by atoms with Gasteiger partial charge in [-0.15, -0.1) is 0 Å². The molecule has 0 aliphatic heterocycles. The van der Waals surface area contributed by atoms with Gasteiger partial charge in [-0.3, -0.25) is 4.79 Å². The lowest BCUT2D eigenvalue weighted by atomic mass is 10.0. The third-order valence-electron chi connectivity index (χ3n) is 4.64. The number of aliphatic hydroxyl groups excluding tert-OH is 2. The van der Waals surface area contributed by atoms with Gasteiger partial charge < -0.3 is 15.1 Å². The Morgan fingerprint density at radius 3 is 1.75 bits per heavy atom. The summed E-state index contributed by atoms with van der Waals surface area (Å²) in [5.74, 6) is -0.0854. The maximum atomic E-state index is 11.3. The summed E-state index contributed by atoms with van der Waals surface area (Å²) in [5, 5.41) is 18.9. The van der Waals surface area contributed by atoms with Crippen LogP contribution >= 0.6 is 0 Å². The Kier molecular flexibility index (Phi) is 16.8. The van der Waals surface area contributed by atoms with Crippen molar-refractivity contribution in [2.24, 2.45) is 0 Å². The van der Waals surface area contributed by atoms with Crippen LogP contribution < -0.4 is 0 Å². The molecule has 0 aromatic rings. The molecule has 0 fully saturated rings. The van der Waals surface area contributed by atoms with Crippen LogP contribution in [0.25, 0.3) is 0 Å². The Hall–Kier alpha value is -0.610. The molecule has 0 spiro atoms. The van der Waals surface area contributed by atoms with Crippen LogP contribution in [0.4, 0.5) is 0 Å². The number of nitrogens with zero attached hydrogens (tertiary/aromatic N) is 1. The molecular formula is C20H41NO3. The largest absolute Gasteiger partial charge is 0.395 e. The Balaban J connectivity index is 3.38. The Morgan fingerprint density at radius 1 is 0.875 bits per heavy atom. The van der Waals surface area contributed by atoms with Crippen LogP contribution in [0.1, 0.15) is 97.3 Å². The fourth-order valence-electron chi connectivity index (χ4n) is 3.06. The van der Waals surface area contributed by atoms with Crippen molar-refractivity contribution in [3.8, 4) is 0 Å². The minimum Gasteiger partial charge on any atom is -0.395 e. The number of carbonyl (C=O) groups excluding carboxylic acids is 1. The number of amides is 1. The van der Waals surface area contributed by atoms with Crippen molar-refractivity contribution < 1.29 is 15.0 Å². The van der Waals surface area contributed by atoms with Gasteiger partial charge in [-0.2, -0.15) is 0 Å². The number of hydrogen-bond donors (Lipinski definition) is 2. The van der Waals surface area contributed by atoms with Gasteiger partial charge in [0.2, 0.25) is 5.91 Å². The first kappa shape index (κ1) is 23.4. The van der Waals surface area contributed by atoms with E-state index in [0.717, 1.165) is 19.3 Å². The van der Waals surface area contributed by atoms with Crippen LogP contribution in [0.15, 0.2) is 0 Å². The molecule has 0 saturated heterocycles. The molecule has 0 aromatic heterocycles. The number of unbranched alkanes of at least 4 members (excludes halogenated alkanes) is 11. The Morgan fingerprint density at radius 2 is 1.33 bits per heavy atom. The summed E-state index contributed by atoms with van der Waals surface area (Å²) in [4.78, 5) is 12.9. The smallest absolute Gasteiger partial charge is 0.219 e. The first-order valence-corrected chi connectivity index (χ1v) is 10.2. The van der Waals surface area contributed by atoms with E-state index >= 15 is 0 Å². The molecule has 1 atom stereocenters. The van der Waals surface area contributed by atoms with Crippen LogP contribution in [0.2, 0.25) is 0 Å². The van der Waals surface area contributed by atoms with E-state index in [9.17, 15) is 9.90 Å². The predicted molar refractivity (Wildman–Crippen MR) is 101 cm³/mol. The summed E-state index contributed by atoms with van der Waals surface area (Å²) >= 11 is 0. The normalized spacial score (nSPS) is 12.3. The van der Waals surface area contributed by atoms with E-state index in [1.54, 1.807) is 0 Å². The van der Waals surface area contributed by atoms with Crippen LogP contribution in [-0.2, 0) is 4.79 Å². The summed E-state index contributed by atoms with van der Waals surface area (Å²) in [5.41, 5.74) is 0. The SMILES string of the molecule is CCCCCCCCCCCCCCC(O)CN(CCO)C(C)=O. The molecule has 4 nitrogen and oxygen atoms in total. The highest BCUT2D eigenvalue weighted by atomic mass is 16.3. The van der Waals surface area contributed by atoms with Gasteiger partial charge in [0, 0.05) is 20.0 Å². The van der Waals surface area contributed by atoms with Crippen molar-refractivity contribution in [3.63, 3.8) is 0 Å². The average Bonchev–Trinajstić information content (AvgIpc) is 2.55. The van der Waals surface area contributed by atoms with E-state index in [2.05, 4.69) is 6.92 Å². The molecule has 0 aliphatic carbocycles. The van der Waals surface area contributed by atoms with Gasteiger partial charge in [0.05, 0.1) is 12.7 Å². The van der Waals surface area contributed by atoms with Gasteiger partial charge >= 0.3 is 0 Å². The van der Waals surface area contributed by atoms with Crippen molar-refractivity contribution in [1.29, 1.82) is 0 Å². The van der Waals surface area contributed by atoms with E-state index in [4.69, 9.17) is 5.11 Å². The van der Waals surface area contributed by atoms with Crippen LogP contribution in [-0.4, -0.2) is 46.8 Å². The van der Waals surface area contributed by atoms with Crippen LogP contribution in [0, 0.1) is 0 Å². The topological polar surface area (TPSA) is 60.8 Å². The predicted octanol–water partition coefficient (Wildman–Crippen LogP) is 4.28. The van der Waals surface area contributed by atoms with Crippen molar-refractivity contribution in [2.45, 2.75) is 103 Å². The van der Waals surface area contributed by atoms with Gasteiger partial charge in [-0.05, 0) is 6.42 Å². The van der Waals surface area contributed by atoms with Gasteiger partial charge in [-0.25, -0.2) is 0 Å². The number of carbonyl (C=O) groups is 1. The summed E-state index contributed by atoms with van der Waals surface area (Å²) < 4.78 is 0. The highest BCUT2D eigenvalue weighted by Crippen LogP contribution is 2.13. The third kappa shape index (κ3) is 14.9. The Labute approximate surface area is 149 Å². The molecule has 24 heavy (non-hydrogen) atoms. The molecule has 144 valence electrons. The zero-order chi connectivity index (χ0) is 18.0. The maximum absolute atomic E-state index is 11.3. The zero-order valence-corrected chi connectivity index (χ0v) is 16.1. The van der Waals surface area contributed by atoms with Crippen molar-refractivity contribution in [2.75, 3.05) is 19.7 Å². The molecule has 2 N–H and O–H groups in total. The lowest BCUT2D eigenvalue weighted by Crippen LogP contribution is -2.37. The first-order chi connectivity index (χ1) is 11.6. The Bertz CT molecular complexity index is 284. The zero-order valence-electron chi connectivity index (χ0n) is 16.1. The van der Waals surface area contributed by atoms with E-state index in [1.807, 2.05) is 0 Å². The second kappa shape index (κ2) is 17.2. The second-order valence-electron chi connectivity index (χ2n) is 7.02. The van der Waals surface area contributed by atoms with Crippen molar-refractivity contribution >= 4 is 5.91 Å². The molecule has 0 heterocycles. The molecular weight excluding hydrogens is 302 g/mol. The third-order valence-corrected chi connectivity index (χ3v) is 4.64. The highest BCUT2D eigenvalue weighted by Gasteiger charge is 2.13. The molecule has 0 aromatic carbocycles. The van der Waals surface area contributed by atoms with E-state index in [-0.39, 0.29) is 12.5 Å². The second-order valence-corrected chi connectivity index (χ2v) is 7.02. The standard InChI is InChI=1S/C20H41NO3/c1-3-4-5-6-7-8-9-10-11-12-13-14-15-20(24)18-21(16-17-22)19(2)23/h20,22,24H,3-18H2,1-2H3. The quantitative estimate of drug-likeness (QED) is 0.388. The summed E-state index contributed by atoms with van der Waals surface area (Å²) in [7, 11) is 0. The van der Waals surface area contributed by atoms with E-state index in [1.165, 1.54) is 76.0 Å². The monoisotopic (exact) mass is 343 g/mol. The summed E-state index contributed by atoms with van der Waals surface area (Å²) in [6.45, 7) is 4.34. The minimum absolute atomic E-state index is 0.0507. The van der Waals surface area contributed by atoms with Gasteiger partial charge in [0.15, 0.2) is 0 Å². The lowest BCUT2D eigenvalue weighted by Gasteiger charge is -2.23. The molecule has 0 aliphatic rings. The molecule has 0 radical (unpaired) electrons. The maximum Gasteiger partial charge on any atom is 0.219 e. The minimum atomic E-state index is -0.469. The first-order valence-electron chi connectivity index (χ1n) is 10.2. The number of rotatable bonds is 17. The lowest BCUT2D eigenvalue weighted by molar-refractivity contribution is -0.130. The molecule has 0 rings (SSSR count). The van der Waals surface area contributed by atoms with E-state index in [0.29, 0.717) is 13.1 Å². The fourth-order valence-corrected chi connectivity index (χ4v) is 3.06. The summed E-state index contributed by atoms with van der Waals surface area (Å²) in [6, 6.07) is 0. The molecule has 0 saturated carbocycles. The molecule has 0 bridgehead atoms. The highest BCUT2D eigenvalue weighted by molar-refractivity contribution is 5.73. The van der Waals surface area contributed by atoms with Crippen molar-refractivity contribution in [3.05, 3.63) is 0 Å². The molecule has 1 unspecified atom stereocenters. The average molecular weight is 344 g/mol. The fraction of sp³-hybridized carbons (Fsp3) is 0.950. The van der Waals surface area contributed by atoms with E-state index < -0.39 is 6.10 Å². The number of hydrogen-bond acceptors (Lipinski definition) is 3. The summed E-state index contributed by atoms with van der Waals surface area (Å²) in [6.07, 6.45) is 16.0. The van der Waals surface area contributed by atoms with Gasteiger partial charge in [0.25, 0.3) is 0 Å². The van der Waals surface area contributed by atoms with Crippen LogP contribution in [0.3, 0.4) is 0 Å². The molecule has 4 heteroatoms. The number of aliphatic hydroxyl groups is 2. The molecule has 1 amide bonds. The van der Waals surface area contributed by atoms with Crippen LogP contribution in [0.5, 0.6) is 0 Å². The van der Waals surface area contributed by atoms with Gasteiger partial charge in [0.1, 0.15) is 0 Å². The van der Waals surface area contributed by atoms with Crippen molar-refractivity contribution in [1.82, 2.24) is 4.90 Å². The van der Waals surface area contributed by atoms with Gasteiger partial charge in [-0.1, -0.05) is 84.0 Å².